The number of nitrogens with one attached hydrogen (secondary N) is 1. The summed E-state index contributed by atoms with van der Waals surface area (Å²) in [6.45, 7) is 8.41. The largest absolute Gasteiger partial charge is 0.336 e. The van der Waals surface area contributed by atoms with Crippen molar-refractivity contribution in [1.29, 1.82) is 0 Å². The predicted molar refractivity (Wildman–Crippen MR) is 101 cm³/mol. The van der Waals surface area contributed by atoms with Crippen molar-refractivity contribution in [2.75, 3.05) is 37.2 Å². The number of sulfonamides is 1. The maximum absolute atomic E-state index is 12.7. The summed E-state index contributed by atoms with van der Waals surface area (Å²) < 4.78 is 25.3. The Labute approximate surface area is 155 Å². The summed E-state index contributed by atoms with van der Waals surface area (Å²) >= 11 is 0. The molecule has 0 aliphatic carbocycles. The molecule has 1 saturated heterocycles. The molecule has 144 valence electrons. The van der Waals surface area contributed by atoms with Crippen LogP contribution in [0.3, 0.4) is 0 Å². The van der Waals surface area contributed by atoms with Crippen molar-refractivity contribution in [3.63, 3.8) is 0 Å². The molecule has 7 nitrogen and oxygen atoms in total. The van der Waals surface area contributed by atoms with Gasteiger partial charge in [0.15, 0.2) is 0 Å². The van der Waals surface area contributed by atoms with Crippen LogP contribution in [0.15, 0.2) is 24.3 Å². The van der Waals surface area contributed by atoms with Gasteiger partial charge in [0.05, 0.1) is 5.75 Å². The molecule has 0 saturated carbocycles. The molecule has 0 bridgehead atoms. The fraction of sp³-hybridized carbons (Fsp3) is 0.556. The van der Waals surface area contributed by atoms with E-state index < -0.39 is 15.4 Å². The number of nitrogens with zero attached hydrogens (tertiary/aromatic N) is 2. The quantitative estimate of drug-likeness (QED) is 0.861. The fourth-order valence-corrected chi connectivity index (χ4v) is 3.67. The Kier molecular flexibility index (Phi) is 6.08. The zero-order valence-electron chi connectivity index (χ0n) is 15.8. The first kappa shape index (κ1) is 20.4. The molecular formula is C18H27N3O4S. The molecule has 1 aliphatic heterocycles. The maximum Gasteiger partial charge on any atom is 0.254 e. The smallest absolute Gasteiger partial charge is 0.254 e. The third-order valence-corrected chi connectivity index (χ3v) is 6.21. The SMILES string of the molecule is CCS(=O)(=O)N1CCN(C(=O)c2cccc(NC(=O)C(C)(C)C)c2)CC1. The lowest BCUT2D eigenvalue weighted by Crippen LogP contribution is -2.50. The van der Waals surface area contributed by atoms with E-state index in [0.29, 0.717) is 37.4 Å². The average molecular weight is 381 g/mol. The Morgan fingerprint density at radius 1 is 1.12 bits per heavy atom. The zero-order chi connectivity index (χ0) is 19.5. The lowest BCUT2D eigenvalue weighted by atomic mass is 9.95. The number of hydrogen-bond acceptors (Lipinski definition) is 4. The molecule has 1 heterocycles. The molecule has 0 spiro atoms. The summed E-state index contributed by atoms with van der Waals surface area (Å²) in [5, 5.41) is 2.82. The van der Waals surface area contributed by atoms with Gasteiger partial charge in [-0.1, -0.05) is 26.8 Å². The number of piperazine rings is 1. The van der Waals surface area contributed by atoms with Crippen LogP contribution >= 0.6 is 0 Å². The Morgan fingerprint density at radius 3 is 2.27 bits per heavy atom. The minimum atomic E-state index is -3.22. The number of amides is 2. The van der Waals surface area contributed by atoms with Gasteiger partial charge in [-0.2, -0.15) is 4.31 Å². The Balaban J connectivity index is 2.05. The molecule has 0 unspecified atom stereocenters. The molecule has 1 aromatic carbocycles. The van der Waals surface area contributed by atoms with Crippen LogP contribution in [0.4, 0.5) is 5.69 Å². The van der Waals surface area contributed by atoms with E-state index in [1.807, 2.05) is 20.8 Å². The second-order valence-corrected chi connectivity index (χ2v) is 9.63. The minimum absolute atomic E-state index is 0.0659. The summed E-state index contributed by atoms with van der Waals surface area (Å²) in [5.74, 6) is -0.220. The van der Waals surface area contributed by atoms with Gasteiger partial charge in [-0.05, 0) is 25.1 Å². The number of hydrogen-bond donors (Lipinski definition) is 1. The second-order valence-electron chi connectivity index (χ2n) is 7.38. The summed E-state index contributed by atoms with van der Waals surface area (Å²) in [5.41, 5.74) is 0.521. The Hall–Kier alpha value is -1.93. The van der Waals surface area contributed by atoms with Gasteiger partial charge in [0, 0.05) is 42.8 Å². The first-order valence-corrected chi connectivity index (χ1v) is 10.3. The molecule has 26 heavy (non-hydrogen) atoms. The number of carbonyl (C=O) groups is 2. The Morgan fingerprint density at radius 2 is 1.73 bits per heavy atom. The highest BCUT2D eigenvalue weighted by molar-refractivity contribution is 7.89. The van der Waals surface area contributed by atoms with Gasteiger partial charge in [-0.3, -0.25) is 9.59 Å². The normalized spacial score (nSPS) is 16.4. The zero-order valence-corrected chi connectivity index (χ0v) is 16.6. The van der Waals surface area contributed by atoms with E-state index in [-0.39, 0.29) is 17.6 Å². The van der Waals surface area contributed by atoms with Crippen LogP contribution in [0.2, 0.25) is 0 Å². The van der Waals surface area contributed by atoms with Gasteiger partial charge in [0.1, 0.15) is 0 Å². The molecule has 8 heteroatoms. The summed E-state index contributed by atoms with van der Waals surface area (Å²) in [6.07, 6.45) is 0. The highest BCUT2D eigenvalue weighted by atomic mass is 32.2. The molecule has 1 fully saturated rings. The van der Waals surface area contributed by atoms with Crippen molar-refractivity contribution in [1.82, 2.24) is 9.21 Å². The molecule has 2 rings (SSSR count). The molecule has 0 aromatic heterocycles. The van der Waals surface area contributed by atoms with E-state index in [1.165, 1.54) is 4.31 Å². The molecule has 0 atom stereocenters. The van der Waals surface area contributed by atoms with Gasteiger partial charge in [-0.25, -0.2) is 8.42 Å². The van der Waals surface area contributed by atoms with Gasteiger partial charge in [-0.15, -0.1) is 0 Å². The van der Waals surface area contributed by atoms with Crippen molar-refractivity contribution in [2.45, 2.75) is 27.7 Å². The summed E-state index contributed by atoms with van der Waals surface area (Å²) in [7, 11) is -3.22. The monoisotopic (exact) mass is 381 g/mol. The van der Waals surface area contributed by atoms with Gasteiger partial charge < -0.3 is 10.2 Å². The van der Waals surface area contributed by atoms with Crippen LogP contribution in [0.5, 0.6) is 0 Å². The summed E-state index contributed by atoms with van der Waals surface area (Å²) in [6, 6.07) is 6.82. The lowest BCUT2D eigenvalue weighted by Gasteiger charge is -2.33. The molecule has 1 aromatic rings. The first-order chi connectivity index (χ1) is 12.0. The first-order valence-electron chi connectivity index (χ1n) is 8.73. The van der Waals surface area contributed by atoms with Crippen molar-refractivity contribution >= 4 is 27.5 Å². The molecule has 1 N–H and O–H groups in total. The van der Waals surface area contributed by atoms with E-state index in [9.17, 15) is 18.0 Å². The van der Waals surface area contributed by atoms with E-state index in [4.69, 9.17) is 0 Å². The molecule has 2 amide bonds. The standard InChI is InChI=1S/C18H27N3O4S/c1-5-26(24,25)21-11-9-20(10-12-21)16(22)14-7-6-8-15(13-14)19-17(23)18(2,3)4/h6-8,13H,5,9-12H2,1-4H3,(H,19,23). The van der Waals surface area contributed by atoms with E-state index in [1.54, 1.807) is 36.1 Å². The third kappa shape index (κ3) is 4.82. The van der Waals surface area contributed by atoms with Crippen LogP contribution < -0.4 is 5.32 Å². The van der Waals surface area contributed by atoms with E-state index in [0.717, 1.165) is 0 Å². The van der Waals surface area contributed by atoms with Gasteiger partial charge in [0.25, 0.3) is 5.91 Å². The molecule has 0 radical (unpaired) electrons. The number of benzene rings is 1. The van der Waals surface area contributed by atoms with Crippen molar-refractivity contribution in [2.24, 2.45) is 5.41 Å². The lowest BCUT2D eigenvalue weighted by molar-refractivity contribution is -0.123. The van der Waals surface area contributed by atoms with E-state index in [2.05, 4.69) is 5.32 Å². The van der Waals surface area contributed by atoms with Crippen LogP contribution in [0, 0.1) is 5.41 Å². The van der Waals surface area contributed by atoms with Gasteiger partial charge in [0.2, 0.25) is 15.9 Å². The summed E-state index contributed by atoms with van der Waals surface area (Å²) in [4.78, 5) is 26.5. The number of anilines is 1. The highest BCUT2D eigenvalue weighted by Gasteiger charge is 2.28. The topological polar surface area (TPSA) is 86.8 Å². The van der Waals surface area contributed by atoms with Gasteiger partial charge >= 0.3 is 0 Å². The van der Waals surface area contributed by atoms with Crippen molar-refractivity contribution in [3.8, 4) is 0 Å². The number of rotatable bonds is 4. The fourth-order valence-electron chi connectivity index (χ4n) is 2.58. The second kappa shape index (κ2) is 7.75. The highest BCUT2D eigenvalue weighted by Crippen LogP contribution is 2.19. The van der Waals surface area contributed by atoms with Crippen molar-refractivity contribution < 1.29 is 18.0 Å². The van der Waals surface area contributed by atoms with Crippen LogP contribution in [0.1, 0.15) is 38.1 Å². The minimum Gasteiger partial charge on any atom is -0.336 e. The van der Waals surface area contributed by atoms with Crippen molar-refractivity contribution in [3.05, 3.63) is 29.8 Å². The number of carbonyl (C=O) groups excluding carboxylic acids is 2. The molecular weight excluding hydrogens is 354 g/mol. The van der Waals surface area contributed by atoms with Crippen LogP contribution in [0.25, 0.3) is 0 Å². The third-order valence-electron chi connectivity index (χ3n) is 4.33. The van der Waals surface area contributed by atoms with Crippen LogP contribution in [-0.2, 0) is 14.8 Å². The average Bonchev–Trinajstić information content (AvgIpc) is 2.60. The van der Waals surface area contributed by atoms with E-state index >= 15 is 0 Å². The Bertz CT molecular complexity index is 776. The maximum atomic E-state index is 12.7. The molecule has 1 aliphatic rings. The predicted octanol–water partition coefficient (Wildman–Crippen LogP) is 1.78. The van der Waals surface area contributed by atoms with Crippen LogP contribution in [-0.4, -0.2) is 61.4 Å².